The first kappa shape index (κ1) is 15.0. The van der Waals surface area contributed by atoms with Crippen molar-refractivity contribution in [2.45, 2.75) is 18.7 Å². The van der Waals surface area contributed by atoms with Gasteiger partial charge in [0.2, 0.25) is 5.89 Å². The number of hydrogen-bond acceptors (Lipinski definition) is 4. The van der Waals surface area contributed by atoms with Crippen LogP contribution in [0.4, 0.5) is 5.69 Å². The third-order valence-corrected chi connectivity index (χ3v) is 4.68. The standard InChI is InChI=1S/C17H15ClN2OS/c1-11-9-16(12(2)8-15(11)18)22-20-14-5-3-4-13(10-14)17-19-6-7-21-17/h3-10,20H,1-2H3. The fourth-order valence-electron chi connectivity index (χ4n) is 2.06. The van der Waals surface area contributed by atoms with Gasteiger partial charge in [-0.2, -0.15) is 0 Å². The molecular formula is C17H15ClN2OS. The van der Waals surface area contributed by atoms with Gasteiger partial charge in [-0.05, 0) is 67.3 Å². The summed E-state index contributed by atoms with van der Waals surface area (Å²) in [6, 6.07) is 12.0. The highest BCUT2D eigenvalue weighted by Gasteiger charge is 2.06. The van der Waals surface area contributed by atoms with Crippen LogP contribution in [0.5, 0.6) is 0 Å². The molecule has 1 aromatic heterocycles. The molecule has 112 valence electrons. The molecule has 0 aliphatic carbocycles. The van der Waals surface area contributed by atoms with Crippen LogP contribution >= 0.6 is 23.5 Å². The van der Waals surface area contributed by atoms with E-state index in [-0.39, 0.29) is 0 Å². The van der Waals surface area contributed by atoms with Crippen molar-refractivity contribution in [1.29, 1.82) is 0 Å². The number of aromatic nitrogens is 1. The molecule has 0 radical (unpaired) electrons. The van der Waals surface area contributed by atoms with Crippen molar-refractivity contribution in [3.05, 3.63) is 65.0 Å². The van der Waals surface area contributed by atoms with Crippen molar-refractivity contribution in [3.8, 4) is 11.5 Å². The smallest absolute Gasteiger partial charge is 0.225 e. The van der Waals surface area contributed by atoms with E-state index in [0.717, 1.165) is 32.3 Å². The first-order chi connectivity index (χ1) is 10.6. The minimum Gasteiger partial charge on any atom is -0.445 e. The molecule has 0 spiro atoms. The molecule has 0 aliphatic heterocycles. The molecule has 0 bridgehead atoms. The van der Waals surface area contributed by atoms with Crippen LogP contribution in [0.25, 0.3) is 11.5 Å². The van der Waals surface area contributed by atoms with Crippen molar-refractivity contribution in [2.24, 2.45) is 0 Å². The van der Waals surface area contributed by atoms with Crippen molar-refractivity contribution in [1.82, 2.24) is 4.98 Å². The summed E-state index contributed by atoms with van der Waals surface area (Å²) in [7, 11) is 0. The number of aryl methyl sites for hydroxylation is 2. The molecule has 0 unspecified atom stereocenters. The van der Waals surface area contributed by atoms with Gasteiger partial charge in [-0.15, -0.1) is 0 Å². The monoisotopic (exact) mass is 330 g/mol. The molecule has 22 heavy (non-hydrogen) atoms. The number of nitrogens with one attached hydrogen (secondary N) is 1. The van der Waals surface area contributed by atoms with Crippen molar-refractivity contribution >= 4 is 29.2 Å². The lowest BCUT2D eigenvalue weighted by Crippen LogP contribution is -1.91. The molecule has 3 rings (SSSR count). The van der Waals surface area contributed by atoms with E-state index in [0.29, 0.717) is 5.89 Å². The number of rotatable bonds is 4. The second-order valence-electron chi connectivity index (χ2n) is 4.99. The number of nitrogens with zero attached hydrogens (tertiary/aromatic N) is 1. The first-order valence-corrected chi connectivity index (χ1v) is 8.02. The molecule has 0 aliphatic rings. The van der Waals surface area contributed by atoms with Crippen LogP contribution in [0.15, 0.2) is 58.2 Å². The normalized spacial score (nSPS) is 10.7. The van der Waals surface area contributed by atoms with Crippen molar-refractivity contribution in [3.63, 3.8) is 0 Å². The molecule has 2 aromatic carbocycles. The minimum atomic E-state index is 0.618. The largest absolute Gasteiger partial charge is 0.445 e. The van der Waals surface area contributed by atoms with Crippen LogP contribution in [-0.4, -0.2) is 4.98 Å². The first-order valence-electron chi connectivity index (χ1n) is 6.83. The molecule has 3 nitrogen and oxygen atoms in total. The van der Waals surface area contributed by atoms with E-state index in [1.54, 1.807) is 24.4 Å². The maximum atomic E-state index is 6.13. The Kier molecular flexibility index (Phi) is 4.41. The van der Waals surface area contributed by atoms with Crippen LogP contribution in [0, 0.1) is 13.8 Å². The second kappa shape index (κ2) is 6.46. The predicted octanol–water partition coefficient (Wildman–Crippen LogP) is 5.73. The summed E-state index contributed by atoms with van der Waals surface area (Å²) in [6.45, 7) is 4.06. The zero-order valence-corrected chi connectivity index (χ0v) is 13.8. The zero-order valence-electron chi connectivity index (χ0n) is 12.3. The molecule has 5 heteroatoms. The number of benzene rings is 2. The molecule has 0 saturated carbocycles. The van der Waals surface area contributed by atoms with E-state index in [2.05, 4.69) is 22.7 Å². The van der Waals surface area contributed by atoms with E-state index >= 15 is 0 Å². The molecule has 0 fully saturated rings. The number of hydrogen-bond donors (Lipinski definition) is 1. The van der Waals surface area contributed by atoms with Crippen molar-refractivity contribution in [2.75, 3.05) is 4.72 Å². The Hall–Kier alpha value is -1.91. The molecule has 0 atom stereocenters. The Bertz CT molecular complexity index is 787. The van der Waals surface area contributed by atoms with Crippen LogP contribution in [0.2, 0.25) is 5.02 Å². The number of halogens is 1. The lowest BCUT2D eigenvalue weighted by Gasteiger charge is -2.10. The Morgan fingerprint density at radius 2 is 2.00 bits per heavy atom. The SMILES string of the molecule is Cc1cc(SNc2cccc(-c3ncco3)c2)c(C)cc1Cl. The lowest BCUT2D eigenvalue weighted by atomic mass is 10.2. The van der Waals surface area contributed by atoms with Gasteiger partial charge in [0.25, 0.3) is 0 Å². The van der Waals surface area contributed by atoms with Gasteiger partial charge in [0.15, 0.2) is 0 Å². The van der Waals surface area contributed by atoms with Gasteiger partial charge in [0.1, 0.15) is 6.26 Å². The van der Waals surface area contributed by atoms with E-state index in [1.807, 2.05) is 37.3 Å². The molecule has 1 heterocycles. The van der Waals surface area contributed by atoms with Gasteiger partial charge in [-0.1, -0.05) is 17.7 Å². The van der Waals surface area contributed by atoms with Gasteiger partial charge in [-0.25, -0.2) is 4.98 Å². The third kappa shape index (κ3) is 3.29. The summed E-state index contributed by atoms with van der Waals surface area (Å²) in [4.78, 5) is 5.32. The zero-order chi connectivity index (χ0) is 15.5. The fraction of sp³-hybridized carbons (Fsp3) is 0.118. The molecule has 3 aromatic rings. The molecule has 0 amide bonds. The Labute approximate surface area is 138 Å². The van der Waals surface area contributed by atoms with E-state index in [1.165, 1.54) is 0 Å². The average Bonchev–Trinajstić information content (AvgIpc) is 3.04. The number of anilines is 1. The average molecular weight is 331 g/mol. The van der Waals surface area contributed by atoms with Gasteiger partial charge in [-0.3, -0.25) is 0 Å². The maximum Gasteiger partial charge on any atom is 0.225 e. The minimum absolute atomic E-state index is 0.618. The number of oxazole rings is 1. The van der Waals surface area contributed by atoms with Crippen LogP contribution in [-0.2, 0) is 0 Å². The van der Waals surface area contributed by atoms with Gasteiger partial charge in [0, 0.05) is 21.2 Å². The van der Waals surface area contributed by atoms with Gasteiger partial charge in [0.05, 0.1) is 6.20 Å². The van der Waals surface area contributed by atoms with Gasteiger partial charge < -0.3 is 9.14 Å². The molecule has 1 N–H and O–H groups in total. The summed E-state index contributed by atoms with van der Waals surface area (Å²) in [5, 5.41) is 0.799. The summed E-state index contributed by atoms with van der Waals surface area (Å²) >= 11 is 7.70. The maximum absolute atomic E-state index is 6.13. The topological polar surface area (TPSA) is 38.1 Å². The van der Waals surface area contributed by atoms with Crippen LogP contribution < -0.4 is 4.72 Å². The Morgan fingerprint density at radius 3 is 2.77 bits per heavy atom. The lowest BCUT2D eigenvalue weighted by molar-refractivity contribution is 0.574. The summed E-state index contributed by atoms with van der Waals surface area (Å²) < 4.78 is 8.68. The highest BCUT2D eigenvalue weighted by molar-refractivity contribution is 8.00. The third-order valence-electron chi connectivity index (χ3n) is 3.28. The highest BCUT2D eigenvalue weighted by atomic mass is 35.5. The molecule has 0 saturated heterocycles. The summed E-state index contributed by atoms with van der Waals surface area (Å²) in [5.74, 6) is 0.618. The fourth-order valence-corrected chi connectivity index (χ4v) is 3.09. The van der Waals surface area contributed by atoms with Crippen LogP contribution in [0.1, 0.15) is 11.1 Å². The van der Waals surface area contributed by atoms with E-state index in [4.69, 9.17) is 16.0 Å². The second-order valence-corrected chi connectivity index (χ2v) is 6.24. The Morgan fingerprint density at radius 1 is 1.14 bits per heavy atom. The quantitative estimate of drug-likeness (QED) is 0.620. The predicted molar refractivity (Wildman–Crippen MR) is 92.3 cm³/mol. The van der Waals surface area contributed by atoms with E-state index < -0.39 is 0 Å². The van der Waals surface area contributed by atoms with Crippen molar-refractivity contribution < 1.29 is 4.42 Å². The van der Waals surface area contributed by atoms with E-state index in [9.17, 15) is 0 Å². The summed E-state index contributed by atoms with van der Waals surface area (Å²) in [6.07, 6.45) is 3.22. The van der Waals surface area contributed by atoms with Crippen LogP contribution in [0.3, 0.4) is 0 Å². The molecular weight excluding hydrogens is 316 g/mol. The Balaban J connectivity index is 1.77. The van der Waals surface area contributed by atoms with Gasteiger partial charge >= 0.3 is 0 Å². The summed E-state index contributed by atoms with van der Waals surface area (Å²) in [5.41, 5.74) is 4.16. The highest BCUT2D eigenvalue weighted by Crippen LogP contribution is 2.30.